The van der Waals surface area contributed by atoms with Gasteiger partial charge in [0, 0.05) is 56.2 Å². The molecule has 0 nitrogen and oxygen atoms in total. The number of unbranched alkanes of at least 4 members (excludes halogenated alkanes) is 36. The van der Waals surface area contributed by atoms with Crippen LogP contribution in [0.2, 0.25) is 24.7 Å². The Morgan fingerprint density at radius 1 is 0.343 bits per heavy atom. The molecule has 8 aromatic rings. The van der Waals surface area contributed by atoms with Crippen LogP contribution in [0.15, 0.2) is 80.4 Å². The topological polar surface area (TPSA) is 0 Å². The van der Waals surface area contributed by atoms with Gasteiger partial charge in [-0.25, -0.2) is 0 Å². The van der Waals surface area contributed by atoms with Gasteiger partial charge < -0.3 is 0 Å². The molecule has 0 aromatic carbocycles. The minimum atomic E-state index is -1.85. The molecule has 3 unspecified atom stereocenters. The molecule has 0 bridgehead atoms. The van der Waals surface area contributed by atoms with Gasteiger partial charge in [-0.3, -0.25) is 0 Å². The van der Waals surface area contributed by atoms with E-state index in [1.807, 2.05) is 90.7 Å². The van der Waals surface area contributed by atoms with E-state index in [0.29, 0.717) is 0 Å². The number of halogens is 2. The van der Waals surface area contributed by atoms with Crippen LogP contribution in [-0.4, -0.2) is 38.1 Å². The van der Waals surface area contributed by atoms with E-state index in [4.69, 9.17) is 0 Å². The average molecular weight is 2030 g/mol. The van der Waals surface area contributed by atoms with Crippen LogP contribution >= 0.6 is 156 Å². The molecule has 3 atom stereocenters. The van der Waals surface area contributed by atoms with Crippen molar-refractivity contribution in [3.63, 3.8) is 0 Å². The van der Waals surface area contributed by atoms with E-state index in [1.54, 1.807) is 16.9 Å². The fraction of sp³-hybridized carbons (Fsp3) is 0.598. The first-order valence-corrected chi connectivity index (χ1v) is 73.6. The average Bonchev–Trinajstić information content (AvgIpc) is 1.65. The third-order valence-electron chi connectivity index (χ3n) is 19.9. The van der Waals surface area contributed by atoms with Gasteiger partial charge >= 0.3 is 137 Å². The summed E-state index contributed by atoms with van der Waals surface area (Å²) in [5.74, 6) is 0. The second-order valence-corrected chi connectivity index (χ2v) is 78.2. The molecule has 0 aliphatic carbocycles. The minimum absolute atomic E-state index is 0. The van der Waals surface area contributed by atoms with Gasteiger partial charge in [-0.15, -0.1) is 94.8 Å². The van der Waals surface area contributed by atoms with Crippen molar-refractivity contribution < 1.29 is 0 Å². The van der Waals surface area contributed by atoms with Crippen molar-refractivity contribution in [2.45, 2.75) is 349 Å². The van der Waals surface area contributed by atoms with E-state index in [2.05, 4.69) is 222 Å². The van der Waals surface area contributed by atoms with Gasteiger partial charge in [0.1, 0.15) is 0 Å². The predicted molar refractivity (Wildman–Crippen MR) is 539 cm³/mol. The third kappa shape index (κ3) is 44.3. The maximum atomic E-state index is 3.86. The van der Waals surface area contributed by atoms with Crippen LogP contribution in [0, 0.1) is 21.3 Å². The monoisotopic (exact) mass is 2030 g/mol. The second-order valence-electron chi connectivity index (χ2n) is 31.1. The van der Waals surface area contributed by atoms with E-state index in [-0.39, 0.29) is 14.4 Å². The molecular formula is C92H146Br2P4S8Sn2+. The molecule has 8 heterocycles. The first kappa shape index (κ1) is 102. The van der Waals surface area contributed by atoms with Crippen molar-refractivity contribution in [1.82, 2.24) is 0 Å². The molecule has 0 saturated carbocycles. The summed E-state index contributed by atoms with van der Waals surface area (Å²) < 4.78 is 6.02. The number of hydrogen-bond donors (Lipinski definition) is 0. The van der Waals surface area contributed by atoms with Crippen molar-refractivity contribution >= 4 is 225 Å². The van der Waals surface area contributed by atoms with Gasteiger partial charge in [0.2, 0.25) is 0 Å². The Kier molecular flexibility index (Phi) is 58.7. The first-order valence-electron chi connectivity index (χ1n) is 42.2. The second kappa shape index (κ2) is 62.4. The fourth-order valence-electron chi connectivity index (χ4n) is 13.4. The molecule has 0 aliphatic heterocycles. The molecule has 603 valence electrons. The standard InChI is InChI=1S/C44H64S4.C32H52Br2S2.C10H6S2.6CH3.H6P4.2Sn/c1-5-7-9-11-13-15-17-19-21-23-25-37-33-42(46-36(37)4)43-34-38(26-24-22-20-18-16-14-12-10-8-6-2)44(48-43)41-32-31-40(47-41)30-29-39-28-27-35(3)45-39;1-3-5-7-9-11-13-15-17-19-21-23-27-25-29(35-31(27)33)30-26-28(32(34)36-30)24-22-20-18-16-14-12-10-8-6-4-2;1-3-9(11-7-1)5-6-10-4-2-8-12-10;;;;;;;1-4(2)3;;/h27-34H,5-26H2,1-4H3;25-26H,3-24H2,1-2H3;1-6H;6*1H3;1-3H2;;/q;;;;;;;;+1;;;/b30-29+;;6-5+;;;;;;;;;. The Morgan fingerprint density at radius 3 is 1.02 bits per heavy atom. The summed E-state index contributed by atoms with van der Waals surface area (Å²) in [7, 11) is 7.94. The van der Waals surface area contributed by atoms with Crippen LogP contribution in [-0.2, 0) is 25.7 Å². The predicted octanol–water partition coefficient (Wildman–Crippen LogP) is 37.7. The van der Waals surface area contributed by atoms with Crippen LogP contribution < -0.4 is 5.79 Å². The number of rotatable bonds is 53. The molecule has 1 radical (unpaired) electrons. The molecule has 0 aliphatic rings. The van der Waals surface area contributed by atoms with E-state index in [0.717, 1.165) is 0 Å². The fourth-order valence-corrected chi connectivity index (χ4v) is 32.3. The van der Waals surface area contributed by atoms with Crippen LogP contribution in [0.5, 0.6) is 0 Å². The molecule has 16 heteroatoms. The molecule has 0 saturated heterocycles. The summed E-state index contributed by atoms with van der Waals surface area (Å²) in [6.07, 6.45) is 70.1. The zero-order chi connectivity index (χ0) is 77.3. The SMILES string of the molecule is CCCCCCCCCCCCc1cc(-c2cc(CCCCCCCCCCCC)c(-c3ccc(/C=C/c4ccc(C)s4)s3)s2)sc1C.CCCCCCCCCCCCc1cc(-c2cc(CCCCCCCCCCCC)c(Br)s2)sc1Br.PP(P)P.[CH3+].[CH3][Sn]([CH3])[c]1ccc(/C=C/c2cc[c]([Sn]([CH3])([CH3])[CH3])s2)s1. The van der Waals surface area contributed by atoms with Crippen molar-refractivity contribution in [3.05, 3.63) is 139 Å². The molecular weight excluding hydrogens is 1880 g/mol. The third-order valence-corrected chi connectivity index (χ3v) is 47.0. The van der Waals surface area contributed by atoms with Crippen molar-refractivity contribution in [1.29, 1.82) is 0 Å². The van der Waals surface area contributed by atoms with Gasteiger partial charge in [-0.1, -0.05) is 259 Å². The van der Waals surface area contributed by atoms with Crippen LogP contribution in [0.1, 0.15) is 336 Å². The van der Waals surface area contributed by atoms with E-state index < -0.39 is 38.1 Å². The molecule has 108 heavy (non-hydrogen) atoms. The normalized spacial score (nSPS) is 11.7. The molecule has 8 rings (SSSR count). The molecule has 0 N–H and O–H groups in total. The van der Waals surface area contributed by atoms with Crippen LogP contribution in [0.4, 0.5) is 0 Å². The Labute approximate surface area is 733 Å². The Balaban J connectivity index is 0.000000359. The van der Waals surface area contributed by atoms with Crippen molar-refractivity contribution in [2.24, 2.45) is 0 Å². The zero-order valence-electron chi connectivity index (χ0n) is 69.6. The van der Waals surface area contributed by atoms with Gasteiger partial charge in [-0.05, 0) is 187 Å². The van der Waals surface area contributed by atoms with E-state index >= 15 is 0 Å². The molecule has 0 fully saturated rings. The number of aryl methyl sites for hydroxylation is 6. The first-order chi connectivity index (χ1) is 51.8. The summed E-state index contributed by atoms with van der Waals surface area (Å²) in [4.78, 5) is 29.5. The Morgan fingerprint density at radius 2 is 0.648 bits per heavy atom. The van der Waals surface area contributed by atoms with E-state index in [9.17, 15) is 0 Å². The van der Waals surface area contributed by atoms with Gasteiger partial charge in [0.25, 0.3) is 0 Å². The van der Waals surface area contributed by atoms with Gasteiger partial charge in [0.15, 0.2) is 0 Å². The van der Waals surface area contributed by atoms with Crippen molar-refractivity contribution in [3.8, 4) is 29.3 Å². The zero-order valence-corrected chi connectivity index (χ0v) is 89.3. The van der Waals surface area contributed by atoms with Crippen molar-refractivity contribution in [2.75, 3.05) is 0 Å². The number of thiophene rings is 8. The summed E-state index contributed by atoms with van der Waals surface area (Å²) in [6.45, 7) is 13.9. The van der Waals surface area contributed by atoms with Gasteiger partial charge in [0.05, 0.1) is 7.57 Å². The summed E-state index contributed by atoms with van der Waals surface area (Å²) in [5.41, 5.74) is 6.18. The van der Waals surface area contributed by atoms with Crippen LogP contribution in [0.3, 0.4) is 0 Å². The van der Waals surface area contributed by atoms with Crippen LogP contribution in [0.25, 0.3) is 53.6 Å². The molecule has 0 amide bonds. The van der Waals surface area contributed by atoms with E-state index in [1.165, 1.54) is 360 Å². The Bertz CT molecular complexity index is 3510. The summed E-state index contributed by atoms with van der Waals surface area (Å²) >= 11 is 20.4. The van der Waals surface area contributed by atoms with Gasteiger partial charge in [-0.2, -0.15) is 0 Å². The molecule has 8 aromatic heterocycles. The quantitative estimate of drug-likeness (QED) is 0.0154. The Hall–Kier alpha value is 1.23. The maximum absolute atomic E-state index is 3.86. The molecule has 0 spiro atoms. The number of hydrogen-bond acceptors (Lipinski definition) is 8. The summed E-state index contributed by atoms with van der Waals surface area (Å²) in [6, 6.07) is 28.4. The summed E-state index contributed by atoms with van der Waals surface area (Å²) in [5, 5.41) is 0.